The summed E-state index contributed by atoms with van der Waals surface area (Å²) in [7, 11) is 3.14. The average Bonchev–Trinajstić information content (AvgIpc) is 3.15. The number of halogens is 3. The molecule has 2 amide bonds. The van der Waals surface area contributed by atoms with Crippen LogP contribution in [0.5, 0.6) is 5.75 Å². The second-order valence-electron chi connectivity index (χ2n) is 6.88. The zero-order valence-corrected chi connectivity index (χ0v) is 15.5. The molecule has 6 nitrogen and oxygen atoms in total. The largest absolute Gasteiger partial charge is 0.497 e. The van der Waals surface area contributed by atoms with E-state index in [9.17, 15) is 22.8 Å². The van der Waals surface area contributed by atoms with Gasteiger partial charge >= 0.3 is 6.18 Å². The maximum atomic E-state index is 13.1. The molecule has 0 radical (unpaired) electrons. The summed E-state index contributed by atoms with van der Waals surface area (Å²) >= 11 is 0. The van der Waals surface area contributed by atoms with Crippen molar-refractivity contribution < 1.29 is 32.3 Å². The third-order valence-corrected chi connectivity index (χ3v) is 5.20. The monoisotopic (exact) mass is 406 g/mol. The molecule has 2 aromatic carbocycles. The number of methoxy groups -OCH3 is 1. The van der Waals surface area contributed by atoms with Crippen molar-refractivity contribution in [2.75, 3.05) is 19.1 Å². The summed E-state index contributed by atoms with van der Waals surface area (Å²) in [6.45, 7) is 0. The van der Waals surface area contributed by atoms with Crippen molar-refractivity contribution in [1.82, 2.24) is 5.06 Å². The van der Waals surface area contributed by atoms with Crippen LogP contribution in [0.3, 0.4) is 0 Å². The number of alkyl halides is 3. The summed E-state index contributed by atoms with van der Waals surface area (Å²) in [5.41, 5.74) is -0.325. The van der Waals surface area contributed by atoms with Crippen molar-refractivity contribution in [3.8, 4) is 5.75 Å². The first-order valence-electron chi connectivity index (χ1n) is 8.81. The van der Waals surface area contributed by atoms with E-state index in [4.69, 9.17) is 9.57 Å². The quantitative estimate of drug-likeness (QED) is 0.733. The van der Waals surface area contributed by atoms with Gasteiger partial charge in [0.2, 0.25) is 5.91 Å². The molecule has 0 unspecified atom stereocenters. The number of hydrogen-bond acceptors (Lipinski definition) is 5. The minimum atomic E-state index is -4.58. The molecule has 2 aromatic rings. The van der Waals surface area contributed by atoms with Crippen LogP contribution in [0.2, 0.25) is 0 Å². The lowest BCUT2D eigenvalue weighted by molar-refractivity contribution is -0.160. The second kappa shape index (κ2) is 6.85. The number of nitrogens with zero attached hydrogens (tertiary/aromatic N) is 2. The molecular weight excluding hydrogens is 389 g/mol. The number of hydroxylamine groups is 2. The van der Waals surface area contributed by atoms with E-state index in [-0.39, 0.29) is 5.69 Å². The van der Waals surface area contributed by atoms with Crippen LogP contribution in [0.1, 0.15) is 17.2 Å². The van der Waals surface area contributed by atoms with Crippen molar-refractivity contribution in [2.45, 2.75) is 18.3 Å². The van der Waals surface area contributed by atoms with Gasteiger partial charge in [-0.25, -0.2) is 4.90 Å². The number of amides is 2. The third kappa shape index (κ3) is 3.16. The molecular formula is C20H17F3N2O4. The molecule has 29 heavy (non-hydrogen) atoms. The zero-order chi connectivity index (χ0) is 20.9. The summed E-state index contributed by atoms with van der Waals surface area (Å²) in [5, 5.41) is 1.44. The van der Waals surface area contributed by atoms with E-state index >= 15 is 0 Å². The number of rotatable bonds is 3. The van der Waals surface area contributed by atoms with Crippen molar-refractivity contribution in [3.63, 3.8) is 0 Å². The number of hydrogen-bond donors (Lipinski definition) is 0. The molecule has 0 aromatic heterocycles. The molecule has 0 bridgehead atoms. The maximum absolute atomic E-state index is 13.1. The Morgan fingerprint density at radius 3 is 2.34 bits per heavy atom. The van der Waals surface area contributed by atoms with E-state index in [1.807, 2.05) is 0 Å². The molecule has 2 aliphatic heterocycles. The third-order valence-electron chi connectivity index (χ3n) is 5.20. The Morgan fingerprint density at radius 2 is 1.72 bits per heavy atom. The van der Waals surface area contributed by atoms with Crippen molar-refractivity contribution in [3.05, 3.63) is 59.7 Å². The summed E-state index contributed by atoms with van der Waals surface area (Å²) in [6.07, 6.45) is -5.67. The van der Waals surface area contributed by atoms with Gasteiger partial charge in [0.15, 0.2) is 6.10 Å². The smallest absolute Gasteiger partial charge is 0.416 e. The Bertz CT molecular complexity index is 961. The lowest BCUT2D eigenvalue weighted by atomic mass is 9.91. The fraction of sp³-hybridized carbons (Fsp3) is 0.300. The Kier molecular flexibility index (Phi) is 4.59. The van der Waals surface area contributed by atoms with Crippen LogP contribution in [0, 0.1) is 5.92 Å². The number of benzene rings is 2. The van der Waals surface area contributed by atoms with Gasteiger partial charge in [0.05, 0.1) is 30.3 Å². The molecule has 2 saturated heterocycles. The zero-order valence-electron chi connectivity index (χ0n) is 15.5. The fourth-order valence-corrected chi connectivity index (χ4v) is 3.84. The lowest BCUT2D eigenvalue weighted by Crippen LogP contribution is -2.36. The van der Waals surface area contributed by atoms with Gasteiger partial charge in [-0.15, -0.1) is 0 Å². The van der Waals surface area contributed by atoms with Crippen LogP contribution in [-0.4, -0.2) is 37.1 Å². The van der Waals surface area contributed by atoms with Gasteiger partial charge in [-0.1, -0.05) is 18.2 Å². The van der Waals surface area contributed by atoms with Crippen molar-refractivity contribution >= 4 is 17.5 Å². The topological polar surface area (TPSA) is 59.1 Å². The van der Waals surface area contributed by atoms with Crippen LogP contribution >= 0.6 is 0 Å². The van der Waals surface area contributed by atoms with E-state index in [1.54, 1.807) is 31.3 Å². The van der Waals surface area contributed by atoms with E-state index < -0.39 is 41.6 Å². The van der Waals surface area contributed by atoms with Crippen molar-refractivity contribution in [1.29, 1.82) is 0 Å². The highest BCUT2D eigenvalue weighted by atomic mass is 19.4. The Morgan fingerprint density at radius 1 is 1.03 bits per heavy atom. The van der Waals surface area contributed by atoms with E-state index in [0.29, 0.717) is 5.75 Å². The Hall–Kier alpha value is -2.91. The Balaban J connectivity index is 1.69. The van der Waals surface area contributed by atoms with Gasteiger partial charge < -0.3 is 4.74 Å². The average molecular weight is 406 g/mol. The molecule has 3 atom stereocenters. The summed E-state index contributed by atoms with van der Waals surface area (Å²) in [6, 6.07) is 10.6. The molecule has 0 spiro atoms. The molecule has 152 valence electrons. The second-order valence-corrected chi connectivity index (χ2v) is 6.88. The molecule has 2 fully saturated rings. The molecule has 0 saturated carbocycles. The van der Waals surface area contributed by atoms with Gasteiger partial charge in [-0.05, 0) is 35.9 Å². The number of carbonyl (C=O) groups is 2. The van der Waals surface area contributed by atoms with Crippen LogP contribution in [0.4, 0.5) is 18.9 Å². The first kappa shape index (κ1) is 19.4. The highest BCUT2D eigenvalue weighted by Gasteiger charge is 2.59. The van der Waals surface area contributed by atoms with Gasteiger partial charge in [-0.2, -0.15) is 18.2 Å². The van der Waals surface area contributed by atoms with E-state index in [2.05, 4.69) is 0 Å². The maximum Gasteiger partial charge on any atom is 0.416 e. The minimum absolute atomic E-state index is 0.121. The summed E-state index contributed by atoms with van der Waals surface area (Å²) < 4.78 is 44.3. The SMILES string of the molecule is COc1ccc([C@H]2[C@@H]3C(=O)N(c4cccc(C(F)(F)F)c4)C(=O)[C@@H]3ON2C)cc1. The predicted molar refractivity (Wildman–Crippen MR) is 95.8 cm³/mol. The number of fused-ring (bicyclic) bond motifs is 1. The van der Waals surface area contributed by atoms with Crippen LogP contribution in [0.15, 0.2) is 48.5 Å². The standard InChI is InChI=1S/C20H17F3N2O4/c1-24-16(11-6-8-14(28-2)9-7-11)15-17(29-24)19(27)25(18(15)26)13-5-3-4-12(10-13)20(21,22)23/h3-10,15-17H,1-2H3/t15-,16-,17+/m0/s1. The van der Waals surface area contributed by atoms with Crippen LogP contribution in [-0.2, 0) is 20.6 Å². The number of imide groups is 1. The predicted octanol–water partition coefficient (Wildman–Crippen LogP) is 3.19. The van der Waals surface area contributed by atoms with Gasteiger partial charge in [-0.3, -0.25) is 14.4 Å². The number of carbonyl (C=O) groups excluding carboxylic acids is 2. The molecule has 2 aliphatic rings. The van der Waals surface area contributed by atoms with Gasteiger partial charge in [0, 0.05) is 7.05 Å². The molecule has 0 N–H and O–H groups in total. The summed E-state index contributed by atoms with van der Waals surface area (Å²) in [5.74, 6) is -1.51. The first-order chi connectivity index (χ1) is 13.7. The fourth-order valence-electron chi connectivity index (χ4n) is 3.84. The Labute approximate surface area is 164 Å². The van der Waals surface area contributed by atoms with Crippen LogP contribution in [0.25, 0.3) is 0 Å². The molecule has 0 aliphatic carbocycles. The normalized spacial score (nSPS) is 24.9. The summed E-state index contributed by atoms with van der Waals surface area (Å²) in [4.78, 5) is 32.3. The first-order valence-corrected chi connectivity index (χ1v) is 8.81. The number of ether oxygens (including phenoxy) is 1. The molecule has 9 heteroatoms. The van der Waals surface area contributed by atoms with Crippen LogP contribution < -0.4 is 9.64 Å². The van der Waals surface area contributed by atoms with Gasteiger partial charge in [0.1, 0.15) is 5.75 Å². The van der Waals surface area contributed by atoms with Gasteiger partial charge in [0.25, 0.3) is 5.91 Å². The van der Waals surface area contributed by atoms with Crippen molar-refractivity contribution in [2.24, 2.45) is 5.92 Å². The molecule has 2 heterocycles. The lowest BCUT2D eigenvalue weighted by Gasteiger charge is -2.24. The number of anilines is 1. The highest BCUT2D eigenvalue weighted by Crippen LogP contribution is 2.45. The minimum Gasteiger partial charge on any atom is -0.497 e. The highest BCUT2D eigenvalue weighted by molar-refractivity contribution is 6.23. The molecule has 4 rings (SSSR count). The van der Waals surface area contributed by atoms with E-state index in [0.717, 1.165) is 22.6 Å². The van der Waals surface area contributed by atoms with E-state index in [1.165, 1.54) is 24.3 Å².